The van der Waals surface area contributed by atoms with Crippen molar-refractivity contribution < 1.29 is 9.53 Å². The molecule has 0 atom stereocenters. The number of rotatable bonds is 0. The van der Waals surface area contributed by atoms with E-state index in [2.05, 4.69) is 15.9 Å². The second kappa shape index (κ2) is 2.58. The Morgan fingerprint density at radius 2 is 2.08 bits per heavy atom. The fraction of sp³-hybridized carbons (Fsp3) is 0.300. The molecule has 0 amide bonds. The minimum absolute atomic E-state index is 0.0509. The largest absolute Gasteiger partial charge is 0.479 e. The average molecular weight is 241 g/mol. The van der Waals surface area contributed by atoms with Crippen molar-refractivity contribution in [3.8, 4) is 5.75 Å². The van der Waals surface area contributed by atoms with Gasteiger partial charge in [-0.3, -0.25) is 4.79 Å². The van der Waals surface area contributed by atoms with E-state index in [0.29, 0.717) is 11.3 Å². The molecule has 0 bridgehead atoms. The summed E-state index contributed by atoms with van der Waals surface area (Å²) in [6.45, 7) is 3.56. The molecule has 0 saturated carbocycles. The van der Waals surface area contributed by atoms with Gasteiger partial charge in [0.15, 0.2) is 5.60 Å². The van der Waals surface area contributed by atoms with E-state index in [-0.39, 0.29) is 5.78 Å². The third-order valence-electron chi connectivity index (χ3n) is 2.10. The molecule has 2 rings (SSSR count). The van der Waals surface area contributed by atoms with Gasteiger partial charge in [-0.2, -0.15) is 0 Å². The number of hydrogen-bond acceptors (Lipinski definition) is 2. The number of ketones is 1. The molecular formula is C10H9BrO2. The van der Waals surface area contributed by atoms with Gasteiger partial charge in [0.1, 0.15) is 5.75 Å². The molecule has 2 nitrogen and oxygen atoms in total. The van der Waals surface area contributed by atoms with E-state index in [1.54, 1.807) is 19.9 Å². The normalized spacial score (nSPS) is 18.2. The number of benzene rings is 1. The Hall–Kier alpha value is -0.830. The molecule has 1 aromatic rings. The van der Waals surface area contributed by atoms with Crippen LogP contribution in [0.3, 0.4) is 0 Å². The Bertz CT molecular complexity index is 383. The third kappa shape index (κ3) is 1.27. The van der Waals surface area contributed by atoms with Crippen LogP contribution in [0.4, 0.5) is 0 Å². The van der Waals surface area contributed by atoms with Gasteiger partial charge in [0, 0.05) is 4.47 Å². The van der Waals surface area contributed by atoms with Crippen LogP contribution in [0, 0.1) is 0 Å². The average Bonchev–Trinajstić information content (AvgIpc) is 2.22. The van der Waals surface area contributed by atoms with Gasteiger partial charge < -0.3 is 4.74 Å². The van der Waals surface area contributed by atoms with E-state index in [4.69, 9.17) is 4.74 Å². The predicted molar refractivity (Wildman–Crippen MR) is 53.2 cm³/mol. The Kier molecular flexibility index (Phi) is 1.74. The lowest BCUT2D eigenvalue weighted by Gasteiger charge is -2.14. The predicted octanol–water partition coefficient (Wildman–Crippen LogP) is 2.80. The molecule has 13 heavy (non-hydrogen) atoms. The number of fused-ring (bicyclic) bond motifs is 1. The molecule has 1 heterocycles. The molecule has 0 radical (unpaired) electrons. The highest BCUT2D eigenvalue weighted by Gasteiger charge is 2.39. The van der Waals surface area contributed by atoms with Gasteiger partial charge in [-0.15, -0.1) is 0 Å². The van der Waals surface area contributed by atoms with Crippen molar-refractivity contribution in [3.05, 3.63) is 28.2 Å². The molecular weight excluding hydrogens is 232 g/mol. The number of halogens is 1. The molecule has 0 aliphatic carbocycles. The zero-order valence-corrected chi connectivity index (χ0v) is 9.01. The van der Waals surface area contributed by atoms with Crippen LogP contribution in [0.1, 0.15) is 24.2 Å². The SMILES string of the molecule is CC1(C)Oc2cc(Br)ccc2C1=O. The highest BCUT2D eigenvalue weighted by molar-refractivity contribution is 9.10. The van der Waals surface area contributed by atoms with Crippen LogP contribution >= 0.6 is 15.9 Å². The monoisotopic (exact) mass is 240 g/mol. The lowest BCUT2D eigenvalue weighted by molar-refractivity contribution is 0.0684. The van der Waals surface area contributed by atoms with Crippen LogP contribution in [0.15, 0.2) is 22.7 Å². The summed E-state index contributed by atoms with van der Waals surface area (Å²) >= 11 is 3.33. The minimum Gasteiger partial charge on any atom is -0.479 e. The maximum Gasteiger partial charge on any atom is 0.209 e. The summed E-state index contributed by atoms with van der Waals surface area (Å²) in [5.74, 6) is 0.722. The fourth-order valence-corrected chi connectivity index (χ4v) is 1.75. The van der Waals surface area contributed by atoms with Crippen molar-refractivity contribution in [2.45, 2.75) is 19.4 Å². The molecule has 1 aliphatic rings. The van der Waals surface area contributed by atoms with E-state index in [1.165, 1.54) is 0 Å². The number of ether oxygens (including phenoxy) is 1. The lowest BCUT2D eigenvalue weighted by Crippen LogP contribution is -2.31. The van der Waals surface area contributed by atoms with Crippen LogP contribution in [-0.2, 0) is 0 Å². The summed E-state index contributed by atoms with van der Waals surface area (Å²) in [4.78, 5) is 11.7. The fourth-order valence-electron chi connectivity index (χ4n) is 1.41. The highest BCUT2D eigenvalue weighted by atomic mass is 79.9. The first-order valence-electron chi connectivity index (χ1n) is 4.04. The van der Waals surface area contributed by atoms with E-state index in [1.807, 2.05) is 12.1 Å². The minimum atomic E-state index is -0.705. The van der Waals surface area contributed by atoms with Gasteiger partial charge >= 0.3 is 0 Å². The summed E-state index contributed by atoms with van der Waals surface area (Å²) < 4.78 is 6.44. The van der Waals surface area contributed by atoms with Crippen molar-refractivity contribution in [1.82, 2.24) is 0 Å². The van der Waals surface area contributed by atoms with Gasteiger partial charge in [0.2, 0.25) is 5.78 Å². The lowest BCUT2D eigenvalue weighted by atomic mass is 10.0. The van der Waals surface area contributed by atoms with E-state index in [0.717, 1.165) is 4.47 Å². The summed E-state index contributed by atoms with van der Waals surface area (Å²) in [6.07, 6.45) is 0. The molecule has 0 spiro atoms. The topological polar surface area (TPSA) is 26.3 Å². The quantitative estimate of drug-likeness (QED) is 0.698. The first-order valence-corrected chi connectivity index (χ1v) is 4.83. The standard InChI is InChI=1S/C10H9BrO2/c1-10(2)9(12)7-4-3-6(11)5-8(7)13-10/h3-5H,1-2H3. The van der Waals surface area contributed by atoms with Crippen molar-refractivity contribution in [2.75, 3.05) is 0 Å². The number of carbonyl (C=O) groups is 1. The van der Waals surface area contributed by atoms with Crippen molar-refractivity contribution in [3.63, 3.8) is 0 Å². The Morgan fingerprint density at radius 3 is 2.77 bits per heavy atom. The molecule has 1 aromatic carbocycles. The van der Waals surface area contributed by atoms with Crippen LogP contribution in [0.2, 0.25) is 0 Å². The first-order chi connectivity index (χ1) is 6.00. The summed E-state index contributed by atoms with van der Waals surface area (Å²) in [7, 11) is 0. The van der Waals surface area contributed by atoms with Gasteiger partial charge in [0.05, 0.1) is 5.56 Å². The molecule has 3 heteroatoms. The highest BCUT2D eigenvalue weighted by Crippen LogP contribution is 2.36. The van der Waals surface area contributed by atoms with Gasteiger partial charge in [-0.1, -0.05) is 15.9 Å². The van der Waals surface area contributed by atoms with Crippen LogP contribution in [0.5, 0.6) is 5.75 Å². The van der Waals surface area contributed by atoms with Crippen molar-refractivity contribution >= 4 is 21.7 Å². The number of hydrogen-bond donors (Lipinski definition) is 0. The second-order valence-electron chi connectivity index (χ2n) is 3.58. The molecule has 0 saturated heterocycles. The molecule has 0 aromatic heterocycles. The van der Waals surface area contributed by atoms with Crippen LogP contribution in [-0.4, -0.2) is 11.4 Å². The smallest absolute Gasteiger partial charge is 0.209 e. The summed E-state index contributed by atoms with van der Waals surface area (Å²) in [6, 6.07) is 5.46. The van der Waals surface area contributed by atoms with Gasteiger partial charge in [-0.25, -0.2) is 0 Å². The van der Waals surface area contributed by atoms with E-state index in [9.17, 15) is 4.79 Å². The van der Waals surface area contributed by atoms with Crippen LogP contribution in [0.25, 0.3) is 0 Å². The number of Topliss-reactive ketones (excluding diaryl/α,β-unsaturated/α-hetero) is 1. The van der Waals surface area contributed by atoms with Crippen molar-refractivity contribution in [1.29, 1.82) is 0 Å². The third-order valence-corrected chi connectivity index (χ3v) is 2.59. The molecule has 0 N–H and O–H groups in total. The molecule has 0 fully saturated rings. The van der Waals surface area contributed by atoms with Gasteiger partial charge in [-0.05, 0) is 32.0 Å². The molecule has 1 aliphatic heterocycles. The number of carbonyl (C=O) groups excluding carboxylic acids is 1. The maximum atomic E-state index is 11.7. The Labute approximate surface area is 85.0 Å². The maximum absolute atomic E-state index is 11.7. The summed E-state index contributed by atoms with van der Waals surface area (Å²) in [5.41, 5.74) is -0.0310. The molecule has 0 unspecified atom stereocenters. The first kappa shape index (κ1) is 8.75. The van der Waals surface area contributed by atoms with E-state index < -0.39 is 5.60 Å². The van der Waals surface area contributed by atoms with Gasteiger partial charge in [0.25, 0.3) is 0 Å². The zero-order chi connectivity index (χ0) is 9.64. The summed E-state index contributed by atoms with van der Waals surface area (Å²) in [5, 5.41) is 0. The Balaban J connectivity index is 2.57. The van der Waals surface area contributed by atoms with Crippen LogP contribution < -0.4 is 4.74 Å². The molecule has 68 valence electrons. The zero-order valence-electron chi connectivity index (χ0n) is 7.43. The van der Waals surface area contributed by atoms with E-state index >= 15 is 0 Å². The second-order valence-corrected chi connectivity index (χ2v) is 4.50. The Morgan fingerprint density at radius 1 is 1.38 bits per heavy atom. The van der Waals surface area contributed by atoms with Crippen molar-refractivity contribution in [2.24, 2.45) is 0 Å².